The fourth-order valence-electron chi connectivity index (χ4n) is 3.54. The third-order valence-electron chi connectivity index (χ3n) is 5.00. The molecule has 2 aromatic carbocycles. The van der Waals surface area contributed by atoms with Crippen LogP contribution >= 0.6 is 0 Å². The summed E-state index contributed by atoms with van der Waals surface area (Å²) < 4.78 is 3.77. The van der Waals surface area contributed by atoms with Crippen LogP contribution in [0.25, 0.3) is 21.9 Å². The number of aryl methyl sites for hydroxylation is 1. The van der Waals surface area contributed by atoms with Crippen LogP contribution in [0.3, 0.4) is 0 Å². The summed E-state index contributed by atoms with van der Waals surface area (Å²) in [5, 5.41) is 4.18. The molecule has 4 aromatic rings. The molecule has 0 atom stereocenters. The van der Waals surface area contributed by atoms with Crippen molar-refractivity contribution in [2.45, 2.75) is 25.9 Å². The number of aromatic nitrogens is 4. The number of nitrogens with one attached hydrogen (secondary N) is 1. The molecule has 6 heteroatoms. The summed E-state index contributed by atoms with van der Waals surface area (Å²) in [7, 11) is 2.03. The molecule has 0 saturated carbocycles. The van der Waals surface area contributed by atoms with Crippen LogP contribution in [-0.4, -0.2) is 25.6 Å². The molecular formula is C21H23N5O. The van der Waals surface area contributed by atoms with Gasteiger partial charge in [0.05, 0.1) is 33.8 Å². The zero-order chi connectivity index (χ0) is 19.0. The Morgan fingerprint density at radius 3 is 2.52 bits per heavy atom. The van der Waals surface area contributed by atoms with Crippen molar-refractivity contribution in [2.24, 2.45) is 7.05 Å². The Morgan fingerprint density at radius 2 is 1.74 bits per heavy atom. The van der Waals surface area contributed by atoms with Crippen LogP contribution in [0.5, 0.6) is 0 Å². The van der Waals surface area contributed by atoms with Crippen LogP contribution in [0.15, 0.2) is 59.7 Å². The van der Waals surface area contributed by atoms with E-state index in [1.807, 2.05) is 49.5 Å². The molecule has 0 fully saturated rings. The minimum atomic E-state index is -0.332. The number of hydrogen-bond donors (Lipinski definition) is 1. The number of benzene rings is 2. The quantitative estimate of drug-likeness (QED) is 0.594. The van der Waals surface area contributed by atoms with Gasteiger partial charge in [0.2, 0.25) is 0 Å². The van der Waals surface area contributed by atoms with E-state index in [2.05, 4.69) is 34.8 Å². The van der Waals surface area contributed by atoms with Crippen molar-refractivity contribution >= 4 is 21.9 Å². The van der Waals surface area contributed by atoms with Crippen molar-refractivity contribution in [2.75, 3.05) is 6.54 Å². The smallest absolute Gasteiger partial charge is 0.261 e. The van der Waals surface area contributed by atoms with Gasteiger partial charge in [-0.1, -0.05) is 24.3 Å². The topological polar surface area (TPSA) is 64.7 Å². The Morgan fingerprint density at radius 1 is 1.04 bits per heavy atom. The zero-order valence-electron chi connectivity index (χ0n) is 15.8. The summed E-state index contributed by atoms with van der Waals surface area (Å²) >= 11 is 0. The third kappa shape index (κ3) is 3.13. The fraction of sp³-hybridized carbons (Fsp3) is 0.286. The van der Waals surface area contributed by atoms with E-state index < -0.39 is 0 Å². The molecule has 0 aliphatic rings. The highest BCUT2D eigenvalue weighted by Gasteiger charge is 2.25. The Labute approximate surface area is 157 Å². The zero-order valence-corrected chi connectivity index (χ0v) is 15.8. The summed E-state index contributed by atoms with van der Waals surface area (Å²) in [6.07, 6.45) is 1.62. The molecule has 0 aliphatic heterocycles. The van der Waals surface area contributed by atoms with Crippen molar-refractivity contribution in [3.05, 3.63) is 71.0 Å². The molecule has 138 valence electrons. The lowest BCUT2D eigenvalue weighted by molar-refractivity contribution is 0.362. The molecule has 2 heterocycles. The first kappa shape index (κ1) is 17.4. The van der Waals surface area contributed by atoms with Crippen molar-refractivity contribution in [3.63, 3.8) is 0 Å². The molecule has 0 radical (unpaired) electrons. The molecule has 0 spiro atoms. The molecule has 0 amide bonds. The van der Waals surface area contributed by atoms with Gasteiger partial charge in [0.15, 0.2) is 0 Å². The summed E-state index contributed by atoms with van der Waals surface area (Å²) in [6.45, 7) is 5.39. The molecule has 0 saturated heterocycles. The van der Waals surface area contributed by atoms with Crippen LogP contribution in [-0.2, 0) is 19.1 Å². The van der Waals surface area contributed by atoms with Gasteiger partial charge in [0.25, 0.3) is 5.56 Å². The van der Waals surface area contributed by atoms with Gasteiger partial charge in [-0.25, -0.2) is 9.97 Å². The van der Waals surface area contributed by atoms with Crippen molar-refractivity contribution < 1.29 is 0 Å². The average molecular weight is 361 g/mol. The lowest BCUT2D eigenvalue weighted by Gasteiger charge is -2.26. The molecule has 2 aromatic heterocycles. The summed E-state index contributed by atoms with van der Waals surface area (Å²) in [6, 6.07) is 15.5. The molecule has 0 aliphatic carbocycles. The van der Waals surface area contributed by atoms with E-state index in [0.717, 1.165) is 22.4 Å². The standard InChI is InChI=1S/C21H23N5O/c1-21(2,20-24-17-10-6-7-11-18(17)25(20)3)23-12-13-26-14-22-16-9-5-4-8-15(16)19(26)27/h4-11,14,23H,12-13H2,1-3H3. The van der Waals surface area contributed by atoms with Crippen molar-refractivity contribution in [1.29, 1.82) is 0 Å². The number of rotatable bonds is 5. The summed E-state index contributed by atoms with van der Waals surface area (Å²) in [5.41, 5.74) is 2.48. The van der Waals surface area contributed by atoms with E-state index in [9.17, 15) is 4.79 Å². The van der Waals surface area contributed by atoms with Gasteiger partial charge in [0.1, 0.15) is 5.82 Å². The molecule has 0 bridgehead atoms. The minimum Gasteiger partial charge on any atom is -0.330 e. The highest BCUT2D eigenvalue weighted by atomic mass is 16.1. The lowest BCUT2D eigenvalue weighted by atomic mass is 10.0. The second kappa shape index (κ2) is 6.63. The SMILES string of the molecule is Cn1c(C(C)(C)NCCn2cnc3ccccc3c2=O)nc2ccccc21. The Hall–Kier alpha value is -2.99. The molecule has 6 nitrogen and oxygen atoms in total. The second-order valence-electron chi connectivity index (χ2n) is 7.30. The van der Waals surface area contributed by atoms with Gasteiger partial charge in [0, 0.05) is 20.1 Å². The van der Waals surface area contributed by atoms with Gasteiger partial charge in [-0.2, -0.15) is 0 Å². The van der Waals surface area contributed by atoms with Crippen molar-refractivity contribution in [3.8, 4) is 0 Å². The maximum absolute atomic E-state index is 12.6. The van der Waals surface area contributed by atoms with E-state index in [4.69, 9.17) is 4.98 Å². The second-order valence-corrected chi connectivity index (χ2v) is 7.30. The largest absolute Gasteiger partial charge is 0.330 e. The Bertz CT molecular complexity index is 1170. The van der Waals surface area contributed by atoms with Crippen molar-refractivity contribution in [1.82, 2.24) is 24.4 Å². The number of imidazole rings is 1. The molecular weight excluding hydrogens is 338 g/mol. The summed E-state index contributed by atoms with van der Waals surface area (Å²) in [4.78, 5) is 21.8. The van der Waals surface area contributed by atoms with Crippen LogP contribution in [0.4, 0.5) is 0 Å². The van der Waals surface area contributed by atoms with Gasteiger partial charge in [-0.15, -0.1) is 0 Å². The minimum absolute atomic E-state index is 0.0112. The molecule has 4 rings (SSSR count). The normalized spacial score (nSPS) is 12.1. The number of nitrogens with zero attached hydrogens (tertiary/aromatic N) is 4. The highest BCUT2D eigenvalue weighted by Crippen LogP contribution is 2.23. The van der Waals surface area contributed by atoms with Gasteiger partial charge in [-0.05, 0) is 38.1 Å². The first-order valence-electron chi connectivity index (χ1n) is 9.08. The molecule has 1 N–H and O–H groups in total. The number of fused-ring (bicyclic) bond motifs is 2. The predicted octanol–water partition coefficient (Wildman–Crippen LogP) is 2.81. The first-order valence-corrected chi connectivity index (χ1v) is 9.08. The van der Waals surface area contributed by atoms with Crippen LogP contribution in [0, 0.1) is 0 Å². The average Bonchev–Trinajstić information content (AvgIpc) is 3.02. The lowest BCUT2D eigenvalue weighted by Crippen LogP contribution is -2.41. The van der Waals surface area contributed by atoms with E-state index in [1.165, 1.54) is 0 Å². The van der Waals surface area contributed by atoms with Crippen LogP contribution in [0.2, 0.25) is 0 Å². The number of hydrogen-bond acceptors (Lipinski definition) is 4. The van der Waals surface area contributed by atoms with Gasteiger partial charge < -0.3 is 9.88 Å². The van der Waals surface area contributed by atoms with Gasteiger partial charge in [-0.3, -0.25) is 9.36 Å². The van der Waals surface area contributed by atoms with E-state index in [1.54, 1.807) is 10.9 Å². The summed E-state index contributed by atoms with van der Waals surface area (Å²) in [5.74, 6) is 0.965. The maximum atomic E-state index is 12.6. The number of para-hydroxylation sites is 3. The third-order valence-corrected chi connectivity index (χ3v) is 5.00. The molecule has 27 heavy (non-hydrogen) atoms. The Kier molecular flexibility index (Phi) is 4.28. The highest BCUT2D eigenvalue weighted by molar-refractivity contribution is 5.77. The van der Waals surface area contributed by atoms with Crippen LogP contribution < -0.4 is 10.9 Å². The predicted molar refractivity (Wildman–Crippen MR) is 108 cm³/mol. The van der Waals surface area contributed by atoms with E-state index in [0.29, 0.717) is 18.5 Å². The van der Waals surface area contributed by atoms with E-state index in [-0.39, 0.29) is 11.1 Å². The van der Waals surface area contributed by atoms with E-state index >= 15 is 0 Å². The fourth-order valence-corrected chi connectivity index (χ4v) is 3.54. The molecule has 0 unspecified atom stereocenters. The first-order chi connectivity index (χ1) is 13.0. The maximum Gasteiger partial charge on any atom is 0.261 e. The monoisotopic (exact) mass is 361 g/mol. The van der Waals surface area contributed by atoms with Gasteiger partial charge >= 0.3 is 0 Å². The van der Waals surface area contributed by atoms with Crippen LogP contribution in [0.1, 0.15) is 19.7 Å². The Balaban J connectivity index is 1.53.